The predicted octanol–water partition coefficient (Wildman–Crippen LogP) is 3.54. The Morgan fingerprint density at radius 1 is 1.30 bits per heavy atom. The van der Waals surface area contributed by atoms with Crippen LogP contribution in [0.5, 0.6) is 0 Å². The molecule has 0 saturated carbocycles. The van der Waals surface area contributed by atoms with E-state index in [4.69, 9.17) is 0 Å². The molecule has 0 radical (unpaired) electrons. The Bertz CT molecular complexity index is 490. The predicted molar refractivity (Wildman–Crippen MR) is 93.4 cm³/mol. The van der Waals surface area contributed by atoms with Crippen LogP contribution < -0.4 is 5.32 Å². The lowest BCUT2D eigenvalue weighted by Gasteiger charge is -2.33. The van der Waals surface area contributed by atoms with Crippen molar-refractivity contribution in [3.05, 3.63) is 11.6 Å². The molecule has 23 heavy (non-hydrogen) atoms. The van der Waals surface area contributed by atoms with Gasteiger partial charge in [0, 0.05) is 36.5 Å². The number of nitrogens with zero attached hydrogens (tertiary/aromatic N) is 2. The molecule has 1 aliphatic heterocycles. The average molecular weight is 337 g/mol. The highest BCUT2D eigenvalue weighted by Crippen LogP contribution is 2.24. The van der Waals surface area contributed by atoms with Crippen molar-refractivity contribution in [1.82, 2.24) is 9.88 Å². The summed E-state index contributed by atoms with van der Waals surface area (Å²) in [5.74, 6) is 0.461. The van der Waals surface area contributed by atoms with Crippen molar-refractivity contribution < 1.29 is 9.59 Å². The minimum Gasteiger partial charge on any atom is -0.342 e. The summed E-state index contributed by atoms with van der Waals surface area (Å²) in [6.07, 6.45) is 7.20. The minimum absolute atomic E-state index is 0.0150. The average Bonchev–Trinajstić information content (AvgIpc) is 3.07. The van der Waals surface area contributed by atoms with Gasteiger partial charge >= 0.3 is 0 Å². The number of amides is 2. The first-order valence-electron chi connectivity index (χ1n) is 8.64. The van der Waals surface area contributed by atoms with Gasteiger partial charge in [-0.15, -0.1) is 11.3 Å². The van der Waals surface area contributed by atoms with Crippen molar-refractivity contribution in [2.75, 3.05) is 18.4 Å². The molecule has 1 aromatic heterocycles. The van der Waals surface area contributed by atoms with E-state index in [1.807, 2.05) is 10.3 Å². The molecule has 2 amide bonds. The fraction of sp³-hybridized carbons (Fsp3) is 0.706. The van der Waals surface area contributed by atoms with E-state index in [2.05, 4.69) is 24.1 Å². The standard InChI is InChI=1S/C17H27N3O2S/c1-3-5-14(6-4-2)16(22)20-10-7-13(8-11-20)15(21)19-17-18-9-12-23-17/h9,12-14H,3-8,10-11H2,1-2H3,(H,18,19,21). The Morgan fingerprint density at radius 2 is 1.96 bits per heavy atom. The molecule has 1 aromatic rings. The number of hydrogen-bond acceptors (Lipinski definition) is 4. The molecule has 0 aromatic carbocycles. The number of likely N-dealkylation sites (tertiary alicyclic amines) is 1. The highest BCUT2D eigenvalue weighted by Gasteiger charge is 2.30. The van der Waals surface area contributed by atoms with Gasteiger partial charge < -0.3 is 10.2 Å². The summed E-state index contributed by atoms with van der Waals surface area (Å²) in [4.78, 5) is 30.9. The first-order valence-corrected chi connectivity index (χ1v) is 9.52. The lowest BCUT2D eigenvalue weighted by Crippen LogP contribution is -2.44. The lowest BCUT2D eigenvalue weighted by molar-refractivity contribution is -0.138. The SMILES string of the molecule is CCCC(CCC)C(=O)N1CCC(C(=O)Nc2nccs2)CC1. The molecule has 0 bridgehead atoms. The topological polar surface area (TPSA) is 62.3 Å². The summed E-state index contributed by atoms with van der Waals surface area (Å²) in [6.45, 7) is 5.65. The minimum atomic E-state index is -0.0150. The molecule has 1 fully saturated rings. The van der Waals surface area contributed by atoms with E-state index >= 15 is 0 Å². The molecule has 5 nitrogen and oxygen atoms in total. The second-order valence-electron chi connectivity index (χ2n) is 6.20. The van der Waals surface area contributed by atoms with Crippen LogP contribution in [0.1, 0.15) is 52.4 Å². The second kappa shape index (κ2) is 9.01. The third-order valence-corrected chi connectivity index (χ3v) is 5.15. The van der Waals surface area contributed by atoms with Crippen LogP contribution in [0.25, 0.3) is 0 Å². The second-order valence-corrected chi connectivity index (χ2v) is 7.09. The summed E-state index contributed by atoms with van der Waals surface area (Å²) in [6, 6.07) is 0. The first kappa shape index (κ1) is 17.9. The smallest absolute Gasteiger partial charge is 0.229 e. The van der Waals surface area contributed by atoms with Gasteiger partial charge in [0.1, 0.15) is 0 Å². The van der Waals surface area contributed by atoms with E-state index in [0.29, 0.717) is 18.2 Å². The fourth-order valence-corrected chi connectivity index (χ4v) is 3.73. The van der Waals surface area contributed by atoms with Gasteiger partial charge in [0.15, 0.2) is 5.13 Å². The van der Waals surface area contributed by atoms with Gasteiger partial charge in [-0.1, -0.05) is 26.7 Å². The third-order valence-electron chi connectivity index (χ3n) is 4.46. The van der Waals surface area contributed by atoms with E-state index in [1.165, 1.54) is 11.3 Å². The van der Waals surface area contributed by atoms with Crippen molar-refractivity contribution in [2.24, 2.45) is 11.8 Å². The zero-order valence-corrected chi connectivity index (χ0v) is 14.9. The Labute approximate surface area is 142 Å². The van der Waals surface area contributed by atoms with Crippen molar-refractivity contribution >= 4 is 28.3 Å². The molecule has 2 rings (SSSR count). The Kier molecular flexibility index (Phi) is 7.02. The van der Waals surface area contributed by atoms with Gasteiger partial charge in [0.05, 0.1) is 0 Å². The van der Waals surface area contributed by atoms with Crippen molar-refractivity contribution in [3.63, 3.8) is 0 Å². The summed E-state index contributed by atoms with van der Waals surface area (Å²) in [7, 11) is 0. The Hall–Kier alpha value is -1.43. The highest BCUT2D eigenvalue weighted by atomic mass is 32.1. The monoisotopic (exact) mass is 337 g/mol. The van der Waals surface area contributed by atoms with Gasteiger partial charge in [-0.3, -0.25) is 9.59 Å². The van der Waals surface area contributed by atoms with Crippen LogP contribution in [0.15, 0.2) is 11.6 Å². The van der Waals surface area contributed by atoms with Crippen LogP contribution in [0.3, 0.4) is 0 Å². The number of thiazole rings is 1. The van der Waals surface area contributed by atoms with Gasteiger partial charge in [-0.05, 0) is 25.7 Å². The summed E-state index contributed by atoms with van der Waals surface area (Å²) in [5, 5.41) is 5.36. The van der Waals surface area contributed by atoms with E-state index in [-0.39, 0.29) is 23.7 Å². The molecule has 0 spiro atoms. The maximum atomic E-state index is 12.6. The molecule has 128 valence electrons. The molecule has 2 heterocycles. The normalized spacial score (nSPS) is 15.9. The lowest BCUT2D eigenvalue weighted by atomic mass is 9.92. The van der Waals surface area contributed by atoms with Gasteiger partial charge in [0.2, 0.25) is 11.8 Å². The fourth-order valence-electron chi connectivity index (χ4n) is 3.20. The van der Waals surface area contributed by atoms with E-state index in [0.717, 1.165) is 38.5 Å². The Balaban J connectivity index is 1.82. The maximum absolute atomic E-state index is 12.6. The number of carbonyl (C=O) groups is 2. The highest BCUT2D eigenvalue weighted by molar-refractivity contribution is 7.13. The molecular formula is C17H27N3O2S. The van der Waals surface area contributed by atoms with Gasteiger partial charge in [-0.25, -0.2) is 4.98 Å². The molecule has 0 atom stereocenters. The molecular weight excluding hydrogens is 310 g/mol. The molecule has 0 unspecified atom stereocenters. The van der Waals surface area contributed by atoms with Crippen molar-refractivity contribution in [2.45, 2.75) is 52.4 Å². The van der Waals surface area contributed by atoms with Crippen molar-refractivity contribution in [1.29, 1.82) is 0 Å². The summed E-state index contributed by atoms with van der Waals surface area (Å²) in [5.41, 5.74) is 0. The van der Waals surface area contributed by atoms with E-state index in [1.54, 1.807) is 6.20 Å². The van der Waals surface area contributed by atoms with E-state index in [9.17, 15) is 9.59 Å². The Morgan fingerprint density at radius 3 is 2.48 bits per heavy atom. The molecule has 1 N–H and O–H groups in total. The summed E-state index contributed by atoms with van der Waals surface area (Å²) < 4.78 is 0. The number of carbonyl (C=O) groups excluding carboxylic acids is 2. The zero-order chi connectivity index (χ0) is 16.7. The number of piperidine rings is 1. The number of aromatic nitrogens is 1. The van der Waals surface area contributed by atoms with E-state index < -0.39 is 0 Å². The first-order chi connectivity index (χ1) is 11.2. The number of rotatable bonds is 7. The molecule has 0 aliphatic carbocycles. The maximum Gasteiger partial charge on any atom is 0.229 e. The number of hydrogen-bond donors (Lipinski definition) is 1. The van der Waals surface area contributed by atoms with Gasteiger partial charge in [-0.2, -0.15) is 0 Å². The van der Waals surface area contributed by atoms with Crippen LogP contribution in [0.2, 0.25) is 0 Å². The largest absolute Gasteiger partial charge is 0.342 e. The molecule has 1 aliphatic rings. The molecule has 6 heteroatoms. The van der Waals surface area contributed by atoms with Crippen LogP contribution in [-0.4, -0.2) is 34.8 Å². The summed E-state index contributed by atoms with van der Waals surface area (Å²) >= 11 is 1.43. The number of nitrogens with one attached hydrogen (secondary N) is 1. The van der Waals surface area contributed by atoms with Crippen LogP contribution in [-0.2, 0) is 9.59 Å². The van der Waals surface area contributed by atoms with Crippen LogP contribution in [0.4, 0.5) is 5.13 Å². The zero-order valence-electron chi connectivity index (χ0n) is 14.1. The van der Waals surface area contributed by atoms with Crippen LogP contribution >= 0.6 is 11.3 Å². The third kappa shape index (κ3) is 5.03. The molecule has 1 saturated heterocycles. The number of anilines is 1. The van der Waals surface area contributed by atoms with Gasteiger partial charge in [0.25, 0.3) is 0 Å². The quantitative estimate of drug-likeness (QED) is 0.828. The van der Waals surface area contributed by atoms with Crippen molar-refractivity contribution in [3.8, 4) is 0 Å². The van der Waals surface area contributed by atoms with Crippen LogP contribution in [0, 0.1) is 11.8 Å².